The number of amides is 1. The number of pyridine rings is 1. The molecule has 0 saturated heterocycles. The van der Waals surface area contributed by atoms with Gasteiger partial charge in [0.2, 0.25) is 0 Å². The number of fused-ring (bicyclic) bond motifs is 2. The van der Waals surface area contributed by atoms with E-state index in [0.717, 1.165) is 28.6 Å². The zero-order valence-corrected chi connectivity index (χ0v) is 17.4. The predicted molar refractivity (Wildman–Crippen MR) is 111 cm³/mol. The second kappa shape index (κ2) is 6.99. The summed E-state index contributed by atoms with van der Waals surface area (Å²) in [5.74, 6) is 1.22. The minimum atomic E-state index is -0.154. The molecule has 1 aromatic carbocycles. The Balaban J connectivity index is 1.75. The summed E-state index contributed by atoms with van der Waals surface area (Å²) in [5, 5.41) is 0.484. The molecule has 29 heavy (non-hydrogen) atoms. The topological polar surface area (TPSA) is 65.7 Å². The molecule has 0 N–H and O–H groups in total. The SMILES string of the molecule is COc1cc2c(cc1OC)CN(C(=O)c1cn(C)c3c(C)cn(C)c(=O)c13)CC2. The van der Waals surface area contributed by atoms with Gasteiger partial charge in [-0.25, -0.2) is 0 Å². The number of rotatable bonds is 3. The molecule has 1 aliphatic rings. The first-order valence-corrected chi connectivity index (χ1v) is 9.54. The van der Waals surface area contributed by atoms with Crippen molar-refractivity contribution >= 4 is 16.8 Å². The predicted octanol–water partition coefficient (Wildman–Crippen LogP) is 2.40. The van der Waals surface area contributed by atoms with E-state index in [9.17, 15) is 9.59 Å². The largest absolute Gasteiger partial charge is 0.493 e. The highest BCUT2D eigenvalue weighted by Gasteiger charge is 2.27. The van der Waals surface area contributed by atoms with Crippen LogP contribution in [0.15, 0.2) is 29.3 Å². The Morgan fingerprint density at radius 2 is 1.66 bits per heavy atom. The molecule has 0 atom stereocenters. The Hall–Kier alpha value is -3.22. The van der Waals surface area contributed by atoms with Gasteiger partial charge in [-0.15, -0.1) is 0 Å². The van der Waals surface area contributed by atoms with Gasteiger partial charge in [0.25, 0.3) is 11.5 Å². The molecule has 7 heteroatoms. The fourth-order valence-corrected chi connectivity index (χ4v) is 4.29. The third kappa shape index (κ3) is 2.97. The molecule has 1 amide bonds. The van der Waals surface area contributed by atoms with Crippen LogP contribution in [0.2, 0.25) is 0 Å². The van der Waals surface area contributed by atoms with Crippen LogP contribution in [0.25, 0.3) is 10.9 Å². The number of benzene rings is 1. The second-order valence-corrected chi connectivity index (χ2v) is 7.56. The van der Waals surface area contributed by atoms with Crippen molar-refractivity contribution in [2.75, 3.05) is 20.8 Å². The average Bonchev–Trinajstić information content (AvgIpc) is 3.07. The molecular formula is C22H25N3O4. The van der Waals surface area contributed by atoms with E-state index in [0.29, 0.717) is 35.5 Å². The number of carbonyl (C=O) groups excluding carboxylic acids is 1. The lowest BCUT2D eigenvalue weighted by Crippen LogP contribution is -2.36. The first kappa shape index (κ1) is 19.1. The molecular weight excluding hydrogens is 370 g/mol. The highest BCUT2D eigenvalue weighted by atomic mass is 16.5. The number of carbonyl (C=O) groups is 1. The average molecular weight is 395 g/mol. The molecule has 0 unspecified atom stereocenters. The molecule has 4 rings (SSSR count). The van der Waals surface area contributed by atoms with Crippen LogP contribution in [0.4, 0.5) is 0 Å². The van der Waals surface area contributed by atoms with Crippen LogP contribution in [-0.2, 0) is 27.1 Å². The fourth-order valence-electron chi connectivity index (χ4n) is 4.29. The van der Waals surface area contributed by atoms with Crippen molar-refractivity contribution in [3.05, 3.63) is 57.1 Å². The number of hydrogen-bond donors (Lipinski definition) is 0. The molecule has 0 fully saturated rings. The molecule has 0 spiro atoms. The normalized spacial score (nSPS) is 13.5. The number of hydrogen-bond acceptors (Lipinski definition) is 4. The number of ether oxygens (including phenoxy) is 2. The molecule has 1 aliphatic heterocycles. The maximum Gasteiger partial charge on any atom is 0.260 e. The van der Waals surface area contributed by atoms with Gasteiger partial charge < -0.3 is 23.5 Å². The van der Waals surface area contributed by atoms with Crippen LogP contribution in [0.1, 0.15) is 27.0 Å². The van der Waals surface area contributed by atoms with Crippen LogP contribution < -0.4 is 15.0 Å². The van der Waals surface area contributed by atoms with E-state index in [1.165, 1.54) is 4.57 Å². The van der Waals surface area contributed by atoms with E-state index in [1.54, 1.807) is 38.6 Å². The van der Waals surface area contributed by atoms with Gasteiger partial charge in [-0.1, -0.05) is 0 Å². The Morgan fingerprint density at radius 3 is 2.31 bits per heavy atom. The summed E-state index contributed by atoms with van der Waals surface area (Å²) in [6, 6.07) is 3.91. The lowest BCUT2D eigenvalue weighted by molar-refractivity contribution is 0.0736. The van der Waals surface area contributed by atoms with Gasteiger partial charge in [0.1, 0.15) is 0 Å². The molecule has 2 aromatic heterocycles. The molecule has 0 radical (unpaired) electrons. The third-order valence-corrected chi connectivity index (χ3v) is 5.71. The fraction of sp³-hybridized carbons (Fsp3) is 0.364. The minimum absolute atomic E-state index is 0.126. The number of aryl methyl sites for hydroxylation is 3. The van der Waals surface area contributed by atoms with Crippen molar-refractivity contribution in [2.24, 2.45) is 14.1 Å². The number of nitrogens with zero attached hydrogens (tertiary/aromatic N) is 3. The Labute approximate surface area is 169 Å². The van der Waals surface area contributed by atoms with Crippen LogP contribution in [0.5, 0.6) is 11.5 Å². The number of methoxy groups -OCH3 is 2. The summed E-state index contributed by atoms with van der Waals surface area (Å²) in [6.07, 6.45) is 4.30. The Morgan fingerprint density at radius 1 is 1.00 bits per heavy atom. The standard InChI is InChI=1S/C22H25N3O4/c1-13-10-24(3)22(27)19-16(12-23(2)20(13)19)21(26)25-7-6-14-8-17(28-4)18(29-5)9-15(14)11-25/h8-10,12H,6-7,11H2,1-5H3. The molecule has 0 aliphatic carbocycles. The lowest BCUT2D eigenvalue weighted by atomic mass is 9.98. The minimum Gasteiger partial charge on any atom is -0.493 e. The van der Waals surface area contributed by atoms with Gasteiger partial charge in [0, 0.05) is 39.6 Å². The highest BCUT2D eigenvalue weighted by Crippen LogP contribution is 2.34. The van der Waals surface area contributed by atoms with Crippen molar-refractivity contribution in [3.63, 3.8) is 0 Å². The summed E-state index contributed by atoms with van der Waals surface area (Å²) in [5.41, 5.74) is 4.25. The van der Waals surface area contributed by atoms with Crippen LogP contribution in [0, 0.1) is 6.92 Å². The summed E-state index contributed by atoms with van der Waals surface area (Å²) in [6.45, 7) is 3.01. The summed E-state index contributed by atoms with van der Waals surface area (Å²) < 4.78 is 14.2. The third-order valence-electron chi connectivity index (χ3n) is 5.71. The summed E-state index contributed by atoms with van der Waals surface area (Å²) in [4.78, 5) is 28.0. The maximum absolute atomic E-state index is 13.4. The molecule has 0 bridgehead atoms. The van der Waals surface area contributed by atoms with Gasteiger partial charge in [0.15, 0.2) is 11.5 Å². The van der Waals surface area contributed by atoms with Gasteiger partial charge in [-0.3, -0.25) is 9.59 Å². The van der Waals surface area contributed by atoms with Gasteiger partial charge in [-0.2, -0.15) is 0 Å². The second-order valence-electron chi connectivity index (χ2n) is 7.56. The van der Waals surface area contributed by atoms with Crippen molar-refractivity contribution < 1.29 is 14.3 Å². The van der Waals surface area contributed by atoms with E-state index in [4.69, 9.17) is 9.47 Å². The van der Waals surface area contributed by atoms with Gasteiger partial charge in [0.05, 0.1) is 30.7 Å². The highest BCUT2D eigenvalue weighted by molar-refractivity contribution is 6.07. The van der Waals surface area contributed by atoms with Crippen LogP contribution in [0.3, 0.4) is 0 Å². The van der Waals surface area contributed by atoms with Crippen molar-refractivity contribution in [1.29, 1.82) is 0 Å². The van der Waals surface area contributed by atoms with E-state index < -0.39 is 0 Å². The first-order valence-electron chi connectivity index (χ1n) is 9.54. The van der Waals surface area contributed by atoms with Crippen LogP contribution >= 0.6 is 0 Å². The Kier molecular flexibility index (Phi) is 4.61. The quantitative estimate of drug-likeness (QED) is 0.683. The van der Waals surface area contributed by atoms with E-state index >= 15 is 0 Å². The molecule has 7 nitrogen and oxygen atoms in total. The summed E-state index contributed by atoms with van der Waals surface area (Å²) >= 11 is 0. The number of aromatic nitrogens is 2. The molecule has 3 heterocycles. The molecule has 3 aromatic rings. The summed E-state index contributed by atoms with van der Waals surface area (Å²) in [7, 11) is 6.80. The van der Waals surface area contributed by atoms with E-state index in [-0.39, 0.29) is 11.5 Å². The van der Waals surface area contributed by atoms with E-state index in [1.807, 2.05) is 30.7 Å². The van der Waals surface area contributed by atoms with Crippen LogP contribution in [-0.4, -0.2) is 40.7 Å². The van der Waals surface area contributed by atoms with Gasteiger partial charge >= 0.3 is 0 Å². The van der Waals surface area contributed by atoms with Crippen molar-refractivity contribution in [1.82, 2.24) is 14.0 Å². The van der Waals surface area contributed by atoms with Crippen molar-refractivity contribution in [3.8, 4) is 11.5 Å². The zero-order chi connectivity index (χ0) is 20.9. The van der Waals surface area contributed by atoms with E-state index in [2.05, 4.69) is 0 Å². The van der Waals surface area contributed by atoms with Crippen molar-refractivity contribution in [2.45, 2.75) is 19.9 Å². The Bertz CT molecular complexity index is 1190. The lowest BCUT2D eigenvalue weighted by Gasteiger charge is -2.29. The maximum atomic E-state index is 13.4. The molecule has 152 valence electrons. The monoisotopic (exact) mass is 395 g/mol. The zero-order valence-electron chi connectivity index (χ0n) is 17.4. The van der Waals surface area contributed by atoms with Gasteiger partial charge in [-0.05, 0) is 42.2 Å². The smallest absolute Gasteiger partial charge is 0.260 e. The first-order chi connectivity index (χ1) is 13.8. The molecule has 0 saturated carbocycles.